The second-order valence-corrected chi connectivity index (χ2v) is 7.29. The molecular weight excluding hydrogens is 284 g/mol. The van der Waals surface area contributed by atoms with E-state index in [0.717, 1.165) is 29.8 Å². The van der Waals surface area contributed by atoms with Crippen molar-refractivity contribution in [3.63, 3.8) is 0 Å². The van der Waals surface area contributed by atoms with Crippen molar-refractivity contribution >= 4 is 0 Å². The third-order valence-electron chi connectivity index (χ3n) is 6.41. The number of fused-ring (bicyclic) bond motifs is 10. The summed E-state index contributed by atoms with van der Waals surface area (Å²) in [7, 11) is 3.59. The molecule has 4 bridgehead atoms. The van der Waals surface area contributed by atoms with Crippen LogP contribution in [0.5, 0.6) is 11.5 Å². The van der Waals surface area contributed by atoms with E-state index in [1.807, 2.05) is 0 Å². The van der Waals surface area contributed by atoms with E-state index < -0.39 is 0 Å². The largest absolute Gasteiger partial charge is 0.496 e. The summed E-state index contributed by atoms with van der Waals surface area (Å²) in [6.07, 6.45) is 3.71. The number of hydrogen-bond acceptors (Lipinski definition) is 2. The molecule has 4 unspecified atom stereocenters. The Balaban J connectivity index is 1.74. The quantitative estimate of drug-likeness (QED) is 0.812. The van der Waals surface area contributed by atoms with Crippen LogP contribution in [0.4, 0.5) is 0 Å². The number of ether oxygens (including phenoxy) is 2. The van der Waals surface area contributed by atoms with Gasteiger partial charge in [0.1, 0.15) is 11.5 Å². The van der Waals surface area contributed by atoms with E-state index >= 15 is 0 Å². The molecule has 0 amide bonds. The van der Waals surface area contributed by atoms with Crippen molar-refractivity contribution in [1.29, 1.82) is 0 Å². The summed E-state index contributed by atoms with van der Waals surface area (Å²) in [5.41, 5.74) is 5.61. The molecule has 0 N–H and O–H groups in total. The molecular formula is C21H22O2. The molecule has 2 heteroatoms. The van der Waals surface area contributed by atoms with Gasteiger partial charge in [0.2, 0.25) is 0 Å². The van der Waals surface area contributed by atoms with Gasteiger partial charge >= 0.3 is 0 Å². The average molecular weight is 306 g/mol. The van der Waals surface area contributed by atoms with Crippen LogP contribution in [0.3, 0.4) is 0 Å². The van der Waals surface area contributed by atoms with Gasteiger partial charge in [0.05, 0.1) is 14.2 Å². The van der Waals surface area contributed by atoms with Gasteiger partial charge in [0.25, 0.3) is 0 Å². The molecule has 0 aromatic heterocycles. The van der Waals surface area contributed by atoms with E-state index in [1.54, 1.807) is 14.2 Å². The monoisotopic (exact) mass is 306 g/mol. The molecule has 2 fully saturated rings. The van der Waals surface area contributed by atoms with Gasteiger partial charge in [-0.25, -0.2) is 0 Å². The van der Waals surface area contributed by atoms with Crippen LogP contribution in [0.25, 0.3) is 0 Å². The topological polar surface area (TPSA) is 18.5 Å². The fraction of sp³-hybridized carbons (Fsp3) is 0.429. The van der Waals surface area contributed by atoms with E-state index in [1.165, 1.54) is 35.1 Å². The molecule has 0 saturated heterocycles. The van der Waals surface area contributed by atoms with Crippen LogP contribution in [0.2, 0.25) is 0 Å². The minimum atomic E-state index is 0.589. The van der Waals surface area contributed by atoms with Gasteiger partial charge in [-0.3, -0.25) is 0 Å². The minimum Gasteiger partial charge on any atom is -0.496 e. The van der Waals surface area contributed by atoms with E-state index in [2.05, 4.69) is 36.4 Å². The Morgan fingerprint density at radius 2 is 1.22 bits per heavy atom. The first-order chi connectivity index (χ1) is 11.3. The third kappa shape index (κ3) is 1.75. The normalized spacial score (nSPS) is 29.7. The molecule has 3 aliphatic carbocycles. The summed E-state index contributed by atoms with van der Waals surface area (Å²) in [6.45, 7) is 0. The Morgan fingerprint density at radius 3 is 1.61 bits per heavy atom. The SMILES string of the molecule is COc1ccc2cc1C1C3CCC3C1c1cc(ccc1OC)C2. The maximum Gasteiger partial charge on any atom is 0.122 e. The molecule has 4 atom stereocenters. The van der Waals surface area contributed by atoms with Crippen LogP contribution >= 0.6 is 0 Å². The molecule has 2 aromatic rings. The van der Waals surface area contributed by atoms with Crippen molar-refractivity contribution in [2.75, 3.05) is 14.2 Å². The summed E-state index contributed by atoms with van der Waals surface area (Å²) in [5, 5.41) is 0. The number of benzene rings is 2. The molecule has 0 heterocycles. The van der Waals surface area contributed by atoms with Crippen LogP contribution < -0.4 is 9.47 Å². The molecule has 5 rings (SSSR count). The molecule has 0 aliphatic heterocycles. The summed E-state index contributed by atoms with van der Waals surface area (Å²) in [5.74, 6) is 4.95. The second kappa shape index (κ2) is 4.77. The van der Waals surface area contributed by atoms with Crippen molar-refractivity contribution in [3.8, 4) is 11.5 Å². The Bertz CT molecular complexity index is 714. The van der Waals surface area contributed by atoms with Crippen LogP contribution in [-0.2, 0) is 6.42 Å². The zero-order valence-electron chi connectivity index (χ0n) is 13.7. The van der Waals surface area contributed by atoms with Gasteiger partial charge < -0.3 is 9.47 Å². The standard InChI is InChI=1S/C21H22O2/c1-22-18-7-3-12-9-13-4-8-19(23-2)17(11-13)21-15-6-5-14(15)20(21)16(18)10-12/h3-4,7-8,10-11,14-15,20-21H,5-6,9H2,1-2H3. The van der Waals surface area contributed by atoms with Crippen LogP contribution in [0, 0.1) is 11.8 Å². The molecule has 118 valence electrons. The van der Waals surface area contributed by atoms with Crippen molar-refractivity contribution < 1.29 is 9.47 Å². The van der Waals surface area contributed by atoms with Gasteiger partial charge in [-0.1, -0.05) is 24.3 Å². The zero-order valence-corrected chi connectivity index (χ0v) is 13.7. The highest BCUT2D eigenvalue weighted by molar-refractivity contribution is 5.52. The lowest BCUT2D eigenvalue weighted by atomic mass is 9.44. The number of rotatable bonds is 2. The first-order valence-corrected chi connectivity index (χ1v) is 8.64. The van der Waals surface area contributed by atoms with E-state index in [0.29, 0.717) is 11.8 Å². The second-order valence-electron chi connectivity index (χ2n) is 7.29. The van der Waals surface area contributed by atoms with Gasteiger partial charge in [-0.15, -0.1) is 0 Å². The van der Waals surface area contributed by atoms with Gasteiger partial charge in [0.15, 0.2) is 0 Å². The first kappa shape index (κ1) is 13.5. The summed E-state index contributed by atoms with van der Waals surface area (Å²) in [4.78, 5) is 0. The first-order valence-electron chi connectivity index (χ1n) is 8.64. The smallest absolute Gasteiger partial charge is 0.122 e. The predicted octanol–water partition coefficient (Wildman–Crippen LogP) is 4.52. The molecule has 2 aromatic carbocycles. The summed E-state index contributed by atoms with van der Waals surface area (Å²) in [6, 6.07) is 13.5. The van der Waals surface area contributed by atoms with E-state index in [9.17, 15) is 0 Å². The Kier molecular flexibility index (Phi) is 2.79. The molecule has 0 radical (unpaired) electrons. The highest BCUT2D eigenvalue weighted by Crippen LogP contribution is 2.68. The molecule has 2 saturated carbocycles. The average Bonchev–Trinajstić information content (AvgIpc) is 2.58. The highest BCUT2D eigenvalue weighted by atomic mass is 16.5. The molecule has 3 aliphatic rings. The molecule has 23 heavy (non-hydrogen) atoms. The molecule has 0 spiro atoms. The lowest BCUT2D eigenvalue weighted by Crippen LogP contribution is -2.50. The maximum absolute atomic E-state index is 5.71. The minimum absolute atomic E-state index is 0.589. The fourth-order valence-corrected chi connectivity index (χ4v) is 5.22. The van der Waals surface area contributed by atoms with E-state index in [-0.39, 0.29) is 0 Å². The maximum atomic E-state index is 5.71. The van der Waals surface area contributed by atoms with Crippen molar-refractivity contribution in [3.05, 3.63) is 58.7 Å². The van der Waals surface area contributed by atoms with Gasteiger partial charge in [-0.2, -0.15) is 0 Å². The fourth-order valence-electron chi connectivity index (χ4n) is 5.22. The third-order valence-corrected chi connectivity index (χ3v) is 6.41. The van der Waals surface area contributed by atoms with Crippen LogP contribution in [0.15, 0.2) is 36.4 Å². The lowest BCUT2D eigenvalue weighted by Gasteiger charge is -2.60. The lowest BCUT2D eigenvalue weighted by molar-refractivity contribution is -0.0132. The highest BCUT2D eigenvalue weighted by Gasteiger charge is 2.57. The Hall–Kier alpha value is -1.96. The number of methoxy groups -OCH3 is 2. The zero-order chi connectivity index (χ0) is 15.6. The van der Waals surface area contributed by atoms with Crippen LogP contribution in [0.1, 0.15) is 46.9 Å². The molecule has 2 nitrogen and oxygen atoms in total. The van der Waals surface area contributed by atoms with Crippen molar-refractivity contribution in [2.24, 2.45) is 11.8 Å². The summed E-state index contributed by atoms with van der Waals surface area (Å²) < 4.78 is 11.4. The van der Waals surface area contributed by atoms with Gasteiger partial charge in [0, 0.05) is 0 Å². The van der Waals surface area contributed by atoms with Crippen LogP contribution in [-0.4, -0.2) is 14.2 Å². The van der Waals surface area contributed by atoms with E-state index in [4.69, 9.17) is 9.47 Å². The number of hydrogen-bond donors (Lipinski definition) is 0. The van der Waals surface area contributed by atoms with Crippen molar-refractivity contribution in [2.45, 2.75) is 31.1 Å². The predicted molar refractivity (Wildman–Crippen MR) is 90.5 cm³/mol. The Morgan fingerprint density at radius 1 is 0.739 bits per heavy atom. The summed E-state index contributed by atoms with van der Waals surface area (Å²) >= 11 is 0. The van der Waals surface area contributed by atoms with Crippen molar-refractivity contribution in [1.82, 2.24) is 0 Å². The Labute approximate surface area is 137 Å². The van der Waals surface area contributed by atoms with Gasteiger partial charge in [-0.05, 0) is 77.3 Å².